The Kier molecular flexibility index (Phi) is 6.11. The van der Waals surface area contributed by atoms with E-state index in [4.69, 9.17) is 0 Å². The molecule has 0 saturated heterocycles. The second kappa shape index (κ2) is 7.63. The molecule has 0 atom stereocenters. The van der Waals surface area contributed by atoms with Crippen LogP contribution < -0.4 is 10.6 Å². The average Bonchev–Trinajstić information content (AvgIpc) is 2.37. The van der Waals surface area contributed by atoms with Crippen molar-refractivity contribution in [1.29, 1.82) is 0 Å². The van der Waals surface area contributed by atoms with Crippen molar-refractivity contribution in [2.24, 2.45) is 5.92 Å². The Morgan fingerprint density at radius 3 is 2.67 bits per heavy atom. The van der Waals surface area contributed by atoms with Gasteiger partial charge in [-0.2, -0.15) is 0 Å². The molecule has 2 N–H and O–H groups in total. The van der Waals surface area contributed by atoms with Crippen molar-refractivity contribution in [3.05, 3.63) is 17.8 Å². The molecule has 1 aromatic rings. The molecule has 0 fully saturated rings. The van der Waals surface area contributed by atoms with Gasteiger partial charge in [0.1, 0.15) is 5.82 Å². The molecule has 1 aromatic heterocycles. The summed E-state index contributed by atoms with van der Waals surface area (Å²) in [6.45, 7) is 7.86. The molecule has 100 valence electrons. The first-order chi connectivity index (χ1) is 8.63. The molecule has 0 aromatic carbocycles. The van der Waals surface area contributed by atoms with Crippen LogP contribution in [0.5, 0.6) is 0 Å². The van der Waals surface area contributed by atoms with Crippen LogP contribution in [0.25, 0.3) is 0 Å². The summed E-state index contributed by atoms with van der Waals surface area (Å²) in [5.74, 6) is 1.09. The number of anilines is 1. The zero-order valence-electron chi connectivity index (χ0n) is 11.4. The first kappa shape index (κ1) is 14.4. The fourth-order valence-electron chi connectivity index (χ4n) is 1.33. The summed E-state index contributed by atoms with van der Waals surface area (Å²) in [6, 6.07) is 3.47. The molecule has 1 heterocycles. The predicted octanol–water partition coefficient (Wildman–Crippen LogP) is 2.07. The maximum absolute atomic E-state index is 11.7. The highest BCUT2D eigenvalue weighted by Gasteiger charge is 2.07. The summed E-state index contributed by atoms with van der Waals surface area (Å²) >= 11 is 0. The summed E-state index contributed by atoms with van der Waals surface area (Å²) < 4.78 is 0. The van der Waals surface area contributed by atoms with Crippen LogP contribution in [-0.4, -0.2) is 29.2 Å². The number of nitrogens with zero attached hydrogens (tertiary/aromatic N) is 2. The van der Waals surface area contributed by atoms with E-state index in [1.807, 2.05) is 0 Å². The molecule has 0 radical (unpaired) electrons. The molecule has 18 heavy (non-hydrogen) atoms. The fraction of sp³-hybridized carbons (Fsp3) is 0.615. The molecule has 0 aliphatic carbocycles. The highest BCUT2D eigenvalue weighted by molar-refractivity contribution is 5.92. The molecular formula is C13H22N4O. The molecule has 0 spiro atoms. The van der Waals surface area contributed by atoms with Crippen LogP contribution in [0.1, 0.15) is 44.1 Å². The fourth-order valence-corrected chi connectivity index (χ4v) is 1.33. The normalized spacial score (nSPS) is 10.4. The van der Waals surface area contributed by atoms with Crippen LogP contribution in [0, 0.1) is 5.92 Å². The van der Waals surface area contributed by atoms with E-state index in [0.29, 0.717) is 24.0 Å². The van der Waals surface area contributed by atoms with Crippen molar-refractivity contribution in [2.75, 3.05) is 18.4 Å². The predicted molar refractivity (Wildman–Crippen MR) is 72.6 cm³/mol. The topological polar surface area (TPSA) is 66.9 Å². The standard InChI is InChI=1S/C13H22N4O/c1-4-5-8-14-13(18)11-6-7-12(17-16-11)15-9-10(2)3/h6-7,10H,4-5,8-9H2,1-3H3,(H,14,18)(H,15,17). The second-order valence-electron chi connectivity index (χ2n) is 4.69. The molecule has 1 rings (SSSR count). The zero-order chi connectivity index (χ0) is 13.4. The van der Waals surface area contributed by atoms with Crippen LogP contribution >= 0.6 is 0 Å². The van der Waals surface area contributed by atoms with Crippen molar-refractivity contribution in [1.82, 2.24) is 15.5 Å². The summed E-state index contributed by atoms with van der Waals surface area (Å²) in [5.41, 5.74) is 0.362. The maximum Gasteiger partial charge on any atom is 0.271 e. The number of amides is 1. The molecule has 0 aliphatic rings. The van der Waals surface area contributed by atoms with Crippen molar-refractivity contribution in [3.8, 4) is 0 Å². The summed E-state index contributed by atoms with van der Waals surface area (Å²) in [5, 5.41) is 13.9. The SMILES string of the molecule is CCCCNC(=O)c1ccc(NCC(C)C)nn1. The lowest BCUT2D eigenvalue weighted by molar-refractivity contribution is 0.0947. The lowest BCUT2D eigenvalue weighted by atomic mass is 10.2. The van der Waals surface area contributed by atoms with Gasteiger partial charge in [0.05, 0.1) is 0 Å². The van der Waals surface area contributed by atoms with E-state index in [1.165, 1.54) is 0 Å². The van der Waals surface area contributed by atoms with E-state index in [-0.39, 0.29) is 5.91 Å². The third kappa shape index (κ3) is 5.12. The van der Waals surface area contributed by atoms with Gasteiger partial charge in [-0.1, -0.05) is 27.2 Å². The van der Waals surface area contributed by atoms with Crippen LogP contribution in [0.2, 0.25) is 0 Å². The van der Waals surface area contributed by atoms with E-state index in [0.717, 1.165) is 19.4 Å². The van der Waals surface area contributed by atoms with E-state index in [2.05, 4.69) is 41.6 Å². The van der Waals surface area contributed by atoms with Crippen LogP contribution in [0.4, 0.5) is 5.82 Å². The molecule has 0 saturated carbocycles. The summed E-state index contributed by atoms with van der Waals surface area (Å²) in [4.78, 5) is 11.7. The summed E-state index contributed by atoms with van der Waals surface area (Å²) in [7, 11) is 0. The highest BCUT2D eigenvalue weighted by atomic mass is 16.1. The lowest BCUT2D eigenvalue weighted by Gasteiger charge is -2.07. The number of carbonyl (C=O) groups is 1. The lowest BCUT2D eigenvalue weighted by Crippen LogP contribution is -2.25. The minimum atomic E-state index is -0.161. The first-order valence-corrected chi connectivity index (χ1v) is 6.49. The third-order valence-corrected chi connectivity index (χ3v) is 2.40. The average molecular weight is 250 g/mol. The Morgan fingerprint density at radius 1 is 1.33 bits per heavy atom. The van der Waals surface area contributed by atoms with Gasteiger partial charge in [0.15, 0.2) is 5.69 Å². The third-order valence-electron chi connectivity index (χ3n) is 2.40. The van der Waals surface area contributed by atoms with Gasteiger partial charge in [0.2, 0.25) is 0 Å². The Labute approximate surface area is 108 Å². The number of nitrogens with one attached hydrogen (secondary N) is 2. The molecule has 0 bridgehead atoms. The molecule has 0 unspecified atom stereocenters. The number of hydrogen-bond donors (Lipinski definition) is 2. The van der Waals surface area contributed by atoms with Crippen molar-refractivity contribution < 1.29 is 4.79 Å². The monoisotopic (exact) mass is 250 g/mol. The van der Waals surface area contributed by atoms with Crippen LogP contribution in [0.3, 0.4) is 0 Å². The van der Waals surface area contributed by atoms with Gasteiger partial charge in [0, 0.05) is 13.1 Å². The molecule has 5 heteroatoms. The largest absolute Gasteiger partial charge is 0.368 e. The van der Waals surface area contributed by atoms with Gasteiger partial charge in [-0.15, -0.1) is 10.2 Å². The van der Waals surface area contributed by atoms with E-state index < -0.39 is 0 Å². The Balaban J connectivity index is 2.46. The van der Waals surface area contributed by atoms with Crippen LogP contribution in [0.15, 0.2) is 12.1 Å². The minimum Gasteiger partial charge on any atom is -0.368 e. The zero-order valence-corrected chi connectivity index (χ0v) is 11.4. The van der Waals surface area contributed by atoms with Crippen molar-refractivity contribution in [2.45, 2.75) is 33.6 Å². The number of unbranched alkanes of at least 4 members (excludes halogenated alkanes) is 1. The van der Waals surface area contributed by atoms with E-state index >= 15 is 0 Å². The van der Waals surface area contributed by atoms with Gasteiger partial charge in [-0.3, -0.25) is 4.79 Å². The minimum absolute atomic E-state index is 0.161. The maximum atomic E-state index is 11.7. The van der Waals surface area contributed by atoms with Crippen molar-refractivity contribution >= 4 is 11.7 Å². The highest BCUT2D eigenvalue weighted by Crippen LogP contribution is 2.03. The number of hydrogen-bond acceptors (Lipinski definition) is 4. The number of carbonyl (C=O) groups excluding carboxylic acids is 1. The number of rotatable bonds is 7. The van der Waals surface area contributed by atoms with E-state index in [9.17, 15) is 4.79 Å². The molecule has 5 nitrogen and oxygen atoms in total. The van der Waals surface area contributed by atoms with Crippen LogP contribution in [-0.2, 0) is 0 Å². The van der Waals surface area contributed by atoms with E-state index in [1.54, 1.807) is 12.1 Å². The Hall–Kier alpha value is -1.65. The molecule has 1 amide bonds. The van der Waals surface area contributed by atoms with Gasteiger partial charge in [0.25, 0.3) is 5.91 Å². The Bertz CT molecular complexity index is 362. The Morgan fingerprint density at radius 2 is 2.11 bits per heavy atom. The number of aromatic nitrogens is 2. The second-order valence-corrected chi connectivity index (χ2v) is 4.69. The van der Waals surface area contributed by atoms with Crippen molar-refractivity contribution in [3.63, 3.8) is 0 Å². The quantitative estimate of drug-likeness (QED) is 0.727. The van der Waals surface area contributed by atoms with Gasteiger partial charge < -0.3 is 10.6 Å². The summed E-state index contributed by atoms with van der Waals surface area (Å²) in [6.07, 6.45) is 2.04. The first-order valence-electron chi connectivity index (χ1n) is 6.49. The molecular weight excluding hydrogens is 228 g/mol. The molecule has 0 aliphatic heterocycles. The van der Waals surface area contributed by atoms with Gasteiger partial charge in [-0.25, -0.2) is 0 Å². The van der Waals surface area contributed by atoms with Gasteiger partial charge >= 0.3 is 0 Å². The van der Waals surface area contributed by atoms with Gasteiger partial charge in [-0.05, 0) is 24.5 Å². The smallest absolute Gasteiger partial charge is 0.271 e.